The normalized spacial score (nSPS) is 15.7. The van der Waals surface area contributed by atoms with Crippen LogP contribution in [-0.4, -0.2) is 12.1 Å². The number of methoxy groups -OCH3 is 1. The minimum atomic E-state index is 0.368. The van der Waals surface area contributed by atoms with E-state index >= 15 is 0 Å². The van der Waals surface area contributed by atoms with Gasteiger partial charge in [-0.1, -0.05) is 29.8 Å². The molecule has 0 spiro atoms. The van der Waals surface area contributed by atoms with E-state index in [9.17, 15) is 0 Å². The maximum Gasteiger partial charge on any atom is 0.217 e. The van der Waals surface area contributed by atoms with Crippen molar-refractivity contribution in [2.75, 3.05) is 7.11 Å². The predicted octanol–water partition coefficient (Wildman–Crippen LogP) is 3.98. The molecular weight excluding hydrogens is 284 g/mol. The predicted molar refractivity (Wildman–Crippen MR) is 84.5 cm³/mol. The number of aromatic nitrogens is 1. The SMILES string of the molecule is COc1ncccc1CNC(c1ccc(Cl)cc1)C1CC1. The smallest absolute Gasteiger partial charge is 0.217 e. The van der Waals surface area contributed by atoms with Gasteiger partial charge in [0.25, 0.3) is 0 Å². The largest absolute Gasteiger partial charge is 0.481 e. The molecule has 0 amide bonds. The van der Waals surface area contributed by atoms with Gasteiger partial charge in [-0.05, 0) is 42.5 Å². The van der Waals surface area contributed by atoms with Crippen molar-refractivity contribution in [3.8, 4) is 5.88 Å². The lowest BCUT2D eigenvalue weighted by molar-refractivity contribution is 0.386. The molecule has 1 aliphatic rings. The molecule has 4 heteroatoms. The van der Waals surface area contributed by atoms with Crippen LogP contribution in [0.5, 0.6) is 5.88 Å². The third kappa shape index (κ3) is 3.55. The van der Waals surface area contributed by atoms with Gasteiger partial charge in [0.05, 0.1) is 7.11 Å². The van der Waals surface area contributed by atoms with Gasteiger partial charge in [-0.25, -0.2) is 4.98 Å². The average molecular weight is 303 g/mol. The summed E-state index contributed by atoms with van der Waals surface area (Å²) in [6.45, 7) is 0.751. The zero-order valence-electron chi connectivity index (χ0n) is 12.1. The molecule has 1 aromatic carbocycles. The summed E-state index contributed by atoms with van der Waals surface area (Å²) in [7, 11) is 1.66. The zero-order chi connectivity index (χ0) is 14.7. The van der Waals surface area contributed by atoms with Gasteiger partial charge in [-0.2, -0.15) is 0 Å². The summed E-state index contributed by atoms with van der Waals surface area (Å²) < 4.78 is 5.31. The Bertz CT molecular complexity index is 596. The van der Waals surface area contributed by atoms with Crippen molar-refractivity contribution in [1.29, 1.82) is 0 Å². The molecule has 1 unspecified atom stereocenters. The first-order valence-corrected chi connectivity index (χ1v) is 7.62. The van der Waals surface area contributed by atoms with E-state index in [-0.39, 0.29) is 0 Å². The van der Waals surface area contributed by atoms with Gasteiger partial charge in [0.15, 0.2) is 0 Å². The van der Waals surface area contributed by atoms with Gasteiger partial charge in [-0.15, -0.1) is 0 Å². The Labute approximate surface area is 130 Å². The number of halogens is 1. The van der Waals surface area contributed by atoms with Crippen LogP contribution in [-0.2, 0) is 6.54 Å². The van der Waals surface area contributed by atoms with E-state index in [1.165, 1.54) is 18.4 Å². The molecule has 21 heavy (non-hydrogen) atoms. The topological polar surface area (TPSA) is 34.1 Å². The first kappa shape index (κ1) is 14.4. The molecule has 1 N–H and O–H groups in total. The fourth-order valence-corrected chi connectivity index (χ4v) is 2.74. The highest BCUT2D eigenvalue weighted by molar-refractivity contribution is 6.30. The molecule has 1 fully saturated rings. The van der Waals surface area contributed by atoms with E-state index in [0.717, 1.165) is 17.1 Å². The van der Waals surface area contributed by atoms with Gasteiger partial charge in [0.1, 0.15) is 0 Å². The maximum atomic E-state index is 5.98. The zero-order valence-corrected chi connectivity index (χ0v) is 12.8. The second-order valence-corrected chi connectivity index (χ2v) is 5.86. The van der Waals surface area contributed by atoms with Crippen molar-refractivity contribution in [1.82, 2.24) is 10.3 Å². The van der Waals surface area contributed by atoms with Crippen LogP contribution in [0.25, 0.3) is 0 Å². The summed E-state index contributed by atoms with van der Waals surface area (Å²) in [6, 6.07) is 12.5. The minimum Gasteiger partial charge on any atom is -0.481 e. The highest BCUT2D eigenvalue weighted by Gasteiger charge is 2.32. The van der Waals surface area contributed by atoms with Crippen LogP contribution in [0.1, 0.15) is 30.0 Å². The molecule has 0 bridgehead atoms. The number of pyridine rings is 1. The van der Waals surface area contributed by atoms with Crippen molar-refractivity contribution in [3.05, 3.63) is 58.7 Å². The van der Waals surface area contributed by atoms with E-state index in [4.69, 9.17) is 16.3 Å². The number of hydrogen-bond acceptors (Lipinski definition) is 3. The minimum absolute atomic E-state index is 0.368. The van der Waals surface area contributed by atoms with Crippen molar-refractivity contribution >= 4 is 11.6 Å². The van der Waals surface area contributed by atoms with E-state index in [1.807, 2.05) is 24.3 Å². The summed E-state index contributed by atoms with van der Waals surface area (Å²) >= 11 is 5.98. The Morgan fingerprint density at radius 3 is 2.71 bits per heavy atom. The van der Waals surface area contributed by atoms with Crippen molar-refractivity contribution in [2.24, 2.45) is 5.92 Å². The van der Waals surface area contributed by atoms with E-state index in [0.29, 0.717) is 17.8 Å². The lowest BCUT2D eigenvalue weighted by Gasteiger charge is -2.19. The van der Waals surface area contributed by atoms with E-state index in [2.05, 4.69) is 22.4 Å². The van der Waals surface area contributed by atoms with E-state index < -0.39 is 0 Å². The van der Waals surface area contributed by atoms with Crippen LogP contribution in [0.3, 0.4) is 0 Å². The average Bonchev–Trinajstić information content (AvgIpc) is 3.34. The van der Waals surface area contributed by atoms with Crippen molar-refractivity contribution in [3.63, 3.8) is 0 Å². The number of nitrogens with one attached hydrogen (secondary N) is 1. The highest BCUT2D eigenvalue weighted by Crippen LogP contribution is 2.41. The van der Waals surface area contributed by atoms with Crippen LogP contribution in [0, 0.1) is 5.92 Å². The lowest BCUT2D eigenvalue weighted by atomic mass is 10.0. The molecule has 110 valence electrons. The fraction of sp³-hybridized carbons (Fsp3) is 0.353. The van der Waals surface area contributed by atoms with Crippen LogP contribution < -0.4 is 10.1 Å². The third-order valence-corrected chi connectivity index (χ3v) is 4.13. The van der Waals surface area contributed by atoms with Crippen LogP contribution in [0.4, 0.5) is 0 Å². The lowest BCUT2D eigenvalue weighted by Crippen LogP contribution is -2.23. The van der Waals surface area contributed by atoms with E-state index in [1.54, 1.807) is 13.3 Å². The summed E-state index contributed by atoms with van der Waals surface area (Å²) in [5, 5.41) is 4.43. The second-order valence-electron chi connectivity index (χ2n) is 5.42. The Kier molecular flexibility index (Phi) is 4.42. The first-order valence-electron chi connectivity index (χ1n) is 7.24. The molecule has 0 radical (unpaired) electrons. The summed E-state index contributed by atoms with van der Waals surface area (Å²) in [5.41, 5.74) is 2.38. The van der Waals surface area contributed by atoms with Gasteiger partial charge < -0.3 is 10.1 Å². The van der Waals surface area contributed by atoms with Crippen molar-refractivity contribution in [2.45, 2.75) is 25.4 Å². The molecular formula is C17H19ClN2O. The van der Waals surface area contributed by atoms with Gasteiger partial charge in [-0.3, -0.25) is 0 Å². The van der Waals surface area contributed by atoms with Crippen LogP contribution in [0.15, 0.2) is 42.6 Å². The highest BCUT2D eigenvalue weighted by atomic mass is 35.5. The Balaban J connectivity index is 1.72. The molecule has 1 atom stereocenters. The molecule has 1 aromatic heterocycles. The number of rotatable bonds is 6. The molecule has 1 heterocycles. The Morgan fingerprint density at radius 1 is 1.29 bits per heavy atom. The maximum absolute atomic E-state index is 5.98. The Hall–Kier alpha value is -1.58. The van der Waals surface area contributed by atoms with Crippen LogP contribution >= 0.6 is 11.6 Å². The second kappa shape index (κ2) is 6.46. The molecule has 3 rings (SSSR count). The molecule has 1 aliphatic carbocycles. The quantitative estimate of drug-likeness (QED) is 0.876. The molecule has 2 aromatic rings. The fourth-order valence-electron chi connectivity index (χ4n) is 2.62. The monoisotopic (exact) mass is 302 g/mol. The Morgan fingerprint density at radius 2 is 2.05 bits per heavy atom. The molecule has 0 aliphatic heterocycles. The van der Waals surface area contributed by atoms with Crippen LogP contribution in [0.2, 0.25) is 5.02 Å². The molecule has 0 saturated heterocycles. The number of benzene rings is 1. The molecule has 1 saturated carbocycles. The van der Waals surface area contributed by atoms with Gasteiger partial charge in [0.2, 0.25) is 5.88 Å². The number of nitrogens with zero attached hydrogens (tertiary/aromatic N) is 1. The summed E-state index contributed by atoms with van der Waals surface area (Å²) in [4.78, 5) is 4.24. The summed E-state index contributed by atoms with van der Waals surface area (Å²) in [5.74, 6) is 1.41. The van der Waals surface area contributed by atoms with Gasteiger partial charge >= 0.3 is 0 Å². The summed E-state index contributed by atoms with van der Waals surface area (Å²) in [6.07, 6.45) is 4.31. The van der Waals surface area contributed by atoms with Gasteiger partial charge in [0, 0.05) is 29.4 Å². The number of hydrogen-bond donors (Lipinski definition) is 1. The third-order valence-electron chi connectivity index (χ3n) is 3.88. The standard InChI is InChI=1S/C17H19ClN2O/c1-21-17-14(3-2-10-19-17)11-20-16(12-4-5-12)13-6-8-15(18)9-7-13/h2-3,6-10,12,16,20H,4-5,11H2,1H3. The molecule has 3 nitrogen and oxygen atoms in total. The number of ether oxygens (including phenoxy) is 1. The first-order chi connectivity index (χ1) is 10.3. The van der Waals surface area contributed by atoms with Crippen molar-refractivity contribution < 1.29 is 4.74 Å².